The molecule has 0 saturated carbocycles. The molecule has 4 heteroatoms. The molecule has 3 nitrogen and oxygen atoms in total. The van der Waals surface area contributed by atoms with Crippen molar-refractivity contribution >= 4 is 17.6 Å². The van der Waals surface area contributed by atoms with Crippen LogP contribution in [0.4, 0.5) is 0 Å². The van der Waals surface area contributed by atoms with Crippen molar-refractivity contribution in [1.82, 2.24) is 4.90 Å². The van der Waals surface area contributed by atoms with Crippen molar-refractivity contribution in [1.29, 1.82) is 0 Å². The van der Waals surface area contributed by atoms with Crippen LogP contribution in [0.1, 0.15) is 5.56 Å². The molecule has 1 aromatic rings. The SMILES string of the molecule is NC(=NCCN1CCSCC1)c1ccccc1. The van der Waals surface area contributed by atoms with Crippen molar-refractivity contribution < 1.29 is 0 Å². The maximum atomic E-state index is 5.94. The molecule has 1 aromatic carbocycles. The maximum Gasteiger partial charge on any atom is 0.125 e. The number of nitrogens with zero attached hydrogens (tertiary/aromatic N) is 2. The summed E-state index contributed by atoms with van der Waals surface area (Å²) in [4.78, 5) is 6.89. The quantitative estimate of drug-likeness (QED) is 0.648. The van der Waals surface area contributed by atoms with E-state index in [0.717, 1.165) is 18.7 Å². The molecule has 2 rings (SSSR count). The molecule has 2 N–H and O–H groups in total. The lowest BCUT2D eigenvalue weighted by molar-refractivity contribution is 0.311. The molecule has 1 aliphatic heterocycles. The Bertz CT molecular complexity index is 358. The van der Waals surface area contributed by atoms with Crippen LogP contribution in [0.15, 0.2) is 35.3 Å². The first-order valence-corrected chi connectivity index (χ1v) is 7.17. The summed E-state index contributed by atoms with van der Waals surface area (Å²) in [5, 5.41) is 0. The van der Waals surface area contributed by atoms with Crippen LogP contribution >= 0.6 is 11.8 Å². The van der Waals surface area contributed by atoms with Gasteiger partial charge in [0.1, 0.15) is 5.84 Å². The Balaban J connectivity index is 1.80. The lowest BCUT2D eigenvalue weighted by atomic mass is 10.2. The highest BCUT2D eigenvalue weighted by Crippen LogP contribution is 2.08. The molecular formula is C13H19N3S. The highest BCUT2D eigenvalue weighted by molar-refractivity contribution is 7.99. The van der Waals surface area contributed by atoms with Crippen molar-refractivity contribution in [3.05, 3.63) is 35.9 Å². The average molecular weight is 249 g/mol. The smallest absolute Gasteiger partial charge is 0.125 e. The minimum absolute atomic E-state index is 0.650. The van der Waals surface area contributed by atoms with E-state index in [-0.39, 0.29) is 0 Å². The van der Waals surface area contributed by atoms with Crippen LogP contribution in [0.5, 0.6) is 0 Å². The van der Waals surface area contributed by atoms with Gasteiger partial charge in [-0.05, 0) is 0 Å². The lowest BCUT2D eigenvalue weighted by Gasteiger charge is -2.25. The number of nitrogens with two attached hydrogens (primary N) is 1. The minimum atomic E-state index is 0.650. The van der Waals surface area contributed by atoms with Crippen LogP contribution in [-0.4, -0.2) is 48.4 Å². The first-order chi connectivity index (χ1) is 8.36. The average Bonchev–Trinajstić information content (AvgIpc) is 2.41. The summed E-state index contributed by atoms with van der Waals surface area (Å²) in [6, 6.07) is 9.95. The second-order valence-electron chi connectivity index (χ2n) is 4.09. The van der Waals surface area contributed by atoms with Gasteiger partial charge in [-0.1, -0.05) is 30.3 Å². The standard InChI is InChI=1S/C13H19N3S/c14-13(12-4-2-1-3-5-12)15-6-7-16-8-10-17-11-9-16/h1-5H,6-11H2,(H2,14,15). The Morgan fingerprint density at radius 1 is 1.24 bits per heavy atom. The van der Waals surface area contributed by atoms with Gasteiger partial charge in [-0.15, -0.1) is 0 Å². The fraction of sp³-hybridized carbons (Fsp3) is 0.462. The normalized spacial score (nSPS) is 18.2. The number of amidine groups is 1. The number of hydrogen-bond acceptors (Lipinski definition) is 3. The Morgan fingerprint density at radius 3 is 2.65 bits per heavy atom. The van der Waals surface area contributed by atoms with Gasteiger partial charge >= 0.3 is 0 Å². The van der Waals surface area contributed by atoms with E-state index in [2.05, 4.69) is 9.89 Å². The van der Waals surface area contributed by atoms with Crippen molar-refractivity contribution in [2.45, 2.75) is 0 Å². The van der Waals surface area contributed by atoms with Crippen LogP contribution in [0.3, 0.4) is 0 Å². The molecule has 0 aromatic heterocycles. The molecule has 0 bridgehead atoms. The minimum Gasteiger partial charge on any atom is -0.384 e. The molecule has 0 aliphatic carbocycles. The molecule has 92 valence electrons. The molecule has 0 amide bonds. The highest BCUT2D eigenvalue weighted by Gasteiger charge is 2.08. The fourth-order valence-corrected chi connectivity index (χ4v) is 2.82. The van der Waals surface area contributed by atoms with Gasteiger partial charge in [-0.25, -0.2) is 0 Å². The summed E-state index contributed by atoms with van der Waals surface area (Å²) in [6.07, 6.45) is 0. The third-order valence-corrected chi connectivity index (χ3v) is 3.81. The van der Waals surface area contributed by atoms with Crippen LogP contribution in [0, 0.1) is 0 Å². The van der Waals surface area contributed by atoms with E-state index in [1.54, 1.807) is 0 Å². The van der Waals surface area contributed by atoms with E-state index in [1.807, 2.05) is 42.1 Å². The van der Waals surface area contributed by atoms with Gasteiger partial charge in [0.05, 0.1) is 6.54 Å². The fourth-order valence-electron chi connectivity index (χ4n) is 1.84. The van der Waals surface area contributed by atoms with Gasteiger partial charge in [0.15, 0.2) is 0 Å². The van der Waals surface area contributed by atoms with Crippen LogP contribution in [0.25, 0.3) is 0 Å². The Morgan fingerprint density at radius 2 is 1.94 bits per heavy atom. The van der Waals surface area contributed by atoms with Gasteiger partial charge in [-0.3, -0.25) is 9.89 Å². The molecule has 17 heavy (non-hydrogen) atoms. The molecule has 1 heterocycles. The first kappa shape index (κ1) is 12.5. The predicted molar refractivity (Wildman–Crippen MR) is 75.8 cm³/mol. The number of rotatable bonds is 4. The van der Waals surface area contributed by atoms with E-state index in [4.69, 9.17) is 5.73 Å². The largest absolute Gasteiger partial charge is 0.384 e. The number of aliphatic imine (C=N–C) groups is 1. The van der Waals surface area contributed by atoms with E-state index in [1.165, 1.54) is 24.6 Å². The van der Waals surface area contributed by atoms with Crippen molar-refractivity contribution in [2.75, 3.05) is 37.7 Å². The van der Waals surface area contributed by atoms with Gasteiger partial charge in [0.2, 0.25) is 0 Å². The van der Waals surface area contributed by atoms with E-state index in [0.29, 0.717) is 5.84 Å². The van der Waals surface area contributed by atoms with Crippen molar-refractivity contribution in [3.63, 3.8) is 0 Å². The van der Waals surface area contributed by atoms with Gasteiger partial charge in [0.25, 0.3) is 0 Å². The van der Waals surface area contributed by atoms with Gasteiger partial charge < -0.3 is 5.73 Å². The Kier molecular flexibility index (Phi) is 4.88. The monoisotopic (exact) mass is 249 g/mol. The van der Waals surface area contributed by atoms with Gasteiger partial charge in [-0.2, -0.15) is 11.8 Å². The van der Waals surface area contributed by atoms with E-state index < -0.39 is 0 Å². The zero-order valence-electron chi connectivity index (χ0n) is 10.0. The van der Waals surface area contributed by atoms with Crippen molar-refractivity contribution in [3.8, 4) is 0 Å². The van der Waals surface area contributed by atoms with E-state index >= 15 is 0 Å². The third-order valence-electron chi connectivity index (χ3n) is 2.87. The molecular weight excluding hydrogens is 230 g/mol. The zero-order valence-corrected chi connectivity index (χ0v) is 10.8. The first-order valence-electron chi connectivity index (χ1n) is 6.02. The molecule has 0 spiro atoms. The third kappa shape index (κ3) is 4.06. The van der Waals surface area contributed by atoms with E-state index in [9.17, 15) is 0 Å². The number of hydrogen-bond donors (Lipinski definition) is 1. The lowest BCUT2D eigenvalue weighted by Crippen LogP contribution is -2.34. The molecule has 1 fully saturated rings. The zero-order chi connectivity index (χ0) is 11.9. The number of thioether (sulfide) groups is 1. The van der Waals surface area contributed by atoms with Crippen LogP contribution in [-0.2, 0) is 0 Å². The van der Waals surface area contributed by atoms with Crippen molar-refractivity contribution in [2.24, 2.45) is 10.7 Å². The summed E-state index contributed by atoms with van der Waals surface area (Å²) >= 11 is 2.03. The molecule has 1 saturated heterocycles. The second-order valence-corrected chi connectivity index (χ2v) is 5.31. The summed E-state index contributed by atoms with van der Waals surface area (Å²) in [5.41, 5.74) is 6.95. The molecule has 0 radical (unpaired) electrons. The molecule has 1 aliphatic rings. The predicted octanol–water partition coefficient (Wildman–Crippen LogP) is 1.44. The summed E-state index contributed by atoms with van der Waals surface area (Å²) in [7, 11) is 0. The summed E-state index contributed by atoms with van der Waals surface area (Å²) in [6.45, 7) is 4.19. The topological polar surface area (TPSA) is 41.6 Å². The number of benzene rings is 1. The summed E-state index contributed by atoms with van der Waals surface area (Å²) in [5.74, 6) is 3.15. The Hall–Kier alpha value is -1.00. The Labute approximate surface area is 107 Å². The van der Waals surface area contributed by atoms with Crippen LogP contribution in [0.2, 0.25) is 0 Å². The molecule has 0 atom stereocenters. The second kappa shape index (κ2) is 6.67. The summed E-state index contributed by atoms with van der Waals surface area (Å²) < 4.78 is 0. The van der Waals surface area contributed by atoms with Gasteiger partial charge in [0, 0.05) is 36.7 Å². The van der Waals surface area contributed by atoms with Crippen LogP contribution < -0.4 is 5.73 Å². The molecule has 0 unspecified atom stereocenters. The maximum absolute atomic E-state index is 5.94. The highest BCUT2D eigenvalue weighted by atomic mass is 32.2.